The van der Waals surface area contributed by atoms with Crippen molar-refractivity contribution in [1.29, 1.82) is 0 Å². The van der Waals surface area contributed by atoms with E-state index >= 15 is 0 Å². The number of aromatic amines is 1. The normalized spacial score (nSPS) is 15.6. The Hall–Kier alpha value is -3.85. The summed E-state index contributed by atoms with van der Waals surface area (Å²) in [5.74, 6) is -0.259. The number of hydrogen-bond acceptors (Lipinski definition) is 6. The molecule has 4 N–H and O–H groups in total. The minimum atomic E-state index is -0.576. The number of H-pyrrole nitrogens is 1. The smallest absolute Gasteiger partial charge is 0.410 e. The molecule has 1 fully saturated rings. The molecule has 1 atom stereocenters. The maximum Gasteiger partial charge on any atom is 0.410 e. The number of carbonyl (C=O) groups excluding carboxylic acids is 2. The minimum Gasteiger partial charge on any atom is -0.445 e. The molecule has 3 heterocycles. The molecule has 0 saturated carbocycles. The number of aromatic nitrogens is 2. The standard InChI is InChI=1S/C24H23N5O3S/c25-18-12-17(11-16-8-9-26-21(16)18)19-14-33-23(27-19)28-22(30)20-7-4-10-29(20)24(31)32-13-15-5-2-1-3-6-15/h1-3,5-6,8-9,11-12,14,20,26H,4,7,10,13,25H2,(H,27,28,30)/t20-/m0/s1. The molecular weight excluding hydrogens is 438 g/mol. The number of hydrogen-bond donors (Lipinski definition) is 3. The van der Waals surface area contributed by atoms with Crippen molar-refractivity contribution in [2.75, 3.05) is 17.6 Å². The van der Waals surface area contributed by atoms with Crippen molar-refractivity contribution in [2.24, 2.45) is 0 Å². The van der Waals surface area contributed by atoms with Crippen LogP contribution in [0.5, 0.6) is 0 Å². The van der Waals surface area contributed by atoms with Crippen molar-refractivity contribution >= 4 is 45.1 Å². The molecular formula is C24H23N5O3S. The molecule has 1 saturated heterocycles. The second-order valence-electron chi connectivity index (χ2n) is 7.93. The fourth-order valence-electron chi connectivity index (χ4n) is 4.06. The van der Waals surface area contributed by atoms with Gasteiger partial charge in [-0.15, -0.1) is 11.3 Å². The van der Waals surface area contributed by atoms with E-state index in [-0.39, 0.29) is 12.5 Å². The third-order valence-corrected chi connectivity index (χ3v) is 6.47. The van der Waals surface area contributed by atoms with E-state index in [0.29, 0.717) is 23.8 Å². The van der Waals surface area contributed by atoms with Crippen LogP contribution in [0.3, 0.4) is 0 Å². The van der Waals surface area contributed by atoms with Gasteiger partial charge < -0.3 is 20.8 Å². The minimum absolute atomic E-state index is 0.176. The van der Waals surface area contributed by atoms with E-state index in [4.69, 9.17) is 10.5 Å². The molecule has 1 aliphatic rings. The molecule has 4 aromatic rings. The number of anilines is 2. The Balaban J connectivity index is 1.24. The number of carbonyl (C=O) groups is 2. The first kappa shape index (κ1) is 21.0. The molecule has 9 heteroatoms. The number of nitrogens with two attached hydrogens (primary N) is 1. The number of thiazole rings is 1. The lowest BCUT2D eigenvalue weighted by molar-refractivity contribution is -0.120. The van der Waals surface area contributed by atoms with Crippen molar-refractivity contribution in [3.63, 3.8) is 0 Å². The topological polar surface area (TPSA) is 113 Å². The Morgan fingerprint density at radius 3 is 2.94 bits per heavy atom. The Morgan fingerprint density at radius 2 is 2.09 bits per heavy atom. The fraction of sp³-hybridized carbons (Fsp3) is 0.208. The summed E-state index contributed by atoms with van der Waals surface area (Å²) in [6.07, 6.45) is 2.70. The SMILES string of the molecule is Nc1cc(-c2csc(NC(=O)[C@@H]3CCCN3C(=O)OCc3ccccc3)n2)cc2cc[nH]c12. The van der Waals surface area contributed by atoms with Crippen LogP contribution in [0.1, 0.15) is 18.4 Å². The van der Waals surface area contributed by atoms with Gasteiger partial charge in [0.2, 0.25) is 5.91 Å². The third kappa shape index (κ3) is 4.40. The zero-order chi connectivity index (χ0) is 22.8. The number of likely N-dealkylation sites (tertiary alicyclic amines) is 1. The van der Waals surface area contributed by atoms with Crippen LogP contribution < -0.4 is 11.1 Å². The van der Waals surface area contributed by atoms with E-state index in [1.54, 1.807) is 0 Å². The molecule has 33 heavy (non-hydrogen) atoms. The molecule has 0 radical (unpaired) electrons. The predicted molar refractivity (Wildman–Crippen MR) is 129 cm³/mol. The lowest BCUT2D eigenvalue weighted by Gasteiger charge is -2.22. The monoisotopic (exact) mass is 461 g/mol. The zero-order valence-electron chi connectivity index (χ0n) is 17.8. The van der Waals surface area contributed by atoms with Gasteiger partial charge in [-0.3, -0.25) is 9.69 Å². The van der Waals surface area contributed by atoms with Crippen molar-refractivity contribution in [2.45, 2.75) is 25.5 Å². The Kier molecular flexibility index (Phi) is 5.70. The number of nitrogen functional groups attached to an aromatic ring is 1. The lowest BCUT2D eigenvalue weighted by Crippen LogP contribution is -2.43. The molecule has 8 nitrogen and oxygen atoms in total. The molecule has 1 aliphatic heterocycles. The number of rotatable bonds is 5. The highest BCUT2D eigenvalue weighted by atomic mass is 32.1. The van der Waals surface area contributed by atoms with Gasteiger partial charge in [0.25, 0.3) is 0 Å². The van der Waals surface area contributed by atoms with Crippen LogP contribution >= 0.6 is 11.3 Å². The van der Waals surface area contributed by atoms with Crippen LogP contribution in [0.2, 0.25) is 0 Å². The average molecular weight is 462 g/mol. The summed E-state index contributed by atoms with van der Waals surface area (Å²) in [4.78, 5) is 34.7. The average Bonchev–Trinajstić information content (AvgIpc) is 3.58. The summed E-state index contributed by atoms with van der Waals surface area (Å²) >= 11 is 1.34. The van der Waals surface area contributed by atoms with E-state index in [2.05, 4.69) is 15.3 Å². The van der Waals surface area contributed by atoms with E-state index in [1.165, 1.54) is 16.2 Å². The van der Waals surface area contributed by atoms with E-state index < -0.39 is 12.1 Å². The quantitative estimate of drug-likeness (QED) is 0.376. The molecule has 5 rings (SSSR count). The van der Waals surface area contributed by atoms with Gasteiger partial charge in [0.15, 0.2) is 5.13 Å². The Labute approximate surface area is 194 Å². The number of nitrogens with zero attached hydrogens (tertiary/aromatic N) is 2. The van der Waals surface area contributed by atoms with Crippen molar-refractivity contribution < 1.29 is 14.3 Å². The summed E-state index contributed by atoms with van der Waals surface area (Å²) in [6, 6.07) is 14.7. The maximum atomic E-state index is 12.9. The largest absolute Gasteiger partial charge is 0.445 e. The van der Waals surface area contributed by atoms with Crippen LogP contribution in [0.15, 0.2) is 60.1 Å². The molecule has 2 aromatic heterocycles. The first-order chi connectivity index (χ1) is 16.1. The van der Waals surface area contributed by atoms with Crippen LogP contribution in [-0.2, 0) is 16.1 Å². The fourth-order valence-corrected chi connectivity index (χ4v) is 4.78. The first-order valence-corrected chi connectivity index (χ1v) is 11.6. The van der Waals surface area contributed by atoms with Gasteiger partial charge in [-0.1, -0.05) is 30.3 Å². The Morgan fingerprint density at radius 1 is 1.24 bits per heavy atom. The number of benzene rings is 2. The summed E-state index contributed by atoms with van der Waals surface area (Å²) < 4.78 is 5.42. The second-order valence-corrected chi connectivity index (χ2v) is 8.78. The number of amides is 2. The van der Waals surface area contributed by atoms with Crippen LogP contribution in [-0.4, -0.2) is 39.5 Å². The molecule has 0 unspecified atom stereocenters. The molecule has 2 aromatic carbocycles. The van der Waals surface area contributed by atoms with Gasteiger partial charge in [0.1, 0.15) is 12.6 Å². The van der Waals surface area contributed by atoms with E-state index in [0.717, 1.165) is 34.1 Å². The van der Waals surface area contributed by atoms with Gasteiger partial charge in [0, 0.05) is 29.1 Å². The summed E-state index contributed by atoms with van der Waals surface area (Å²) in [6.45, 7) is 0.666. The van der Waals surface area contributed by atoms with E-state index in [9.17, 15) is 9.59 Å². The van der Waals surface area contributed by atoms with Gasteiger partial charge in [-0.05, 0) is 36.6 Å². The molecule has 0 aliphatic carbocycles. The molecule has 0 bridgehead atoms. The van der Waals surface area contributed by atoms with Crippen LogP contribution in [0.4, 0.5) is 15.6 Å². The first-order valence-electron chi connectivity index (χ1n) is 10.7. The highest BCUT2D eigenvalue weighted by Crippen LogP contribution is 2.31. The van der Waals surface area contributed by atoms with Crippen molar-refractivity contribution in [3.05, 3.63) is 65.7 Å². The van der Waals surface area contributed by atoms with Gasteiger partial charge in [-0.25, -0.2) is 9.78 Å². The van der Waals surface area contributed by atoms with E-state index in [1.807, 2.05) is 60.1 Å². The highest BCUT2D eigenvalue weighted by Gasteiger charge is 2.35. The van der Waals surface area contributed by atoms with Gasteiger partial charge >= 0.3 is 6.09 Å². The second kappa shape index (κ2) is 8.95. The van der Waals surface area contributed by atoms with Gasteiger partial charge in [-0.2, -0.15) is 0 Å². The molecule has 2 amide bonds. The number of nitrogens with one attached hydrogen (secondary N) is 2. The maximum absolute atomic E-state index is 12.9. The van der Waals surface area contributed by atoms with Crippen LogP contribution in [0.25, 0.3) is 22.2 Å². The molecule has 0 spiro atoms. The molecule has 168 valence electrons. The highest BCUT2D eigenvalue weighted by molar-refractivity contribution is 7.14. The third-order valence-electron chi connectivity index (χ3n) is 5.72. The van der Waals surface area contributed by atoms with Crippen molar-refractivity contribution in [1.82, 2.24) is 14.9 Å². The summed E-state index contributed by atoms with van der Waals surface area (Å²) in [5, 5.41) is 6.22. The van der Waals surface area contributed by atoms with Crippen molar-refractivity contribution in [3.8, 4) is 11.3 Å². The summed E-state index contributed by atoms with van der Waals surface area (Å²) in [5.41, 5.74) is 10.2. The zero-order valence-corrected chi connectivity index (χ0v) is 18.6. The summed E-state index contributed by atoms with van der Waals surface area (Å²) in [7, 11) is 0. The lowest BCUT2D eigenvalue weighted by atomic mass is 10.1. The van der Waals surface area contributed by atoms with Crippen LogP contribution in [0, 0.1) is 0 Å². The number of fused-ring (bicyclic) bond motifs is 1. The van der Waals surface area contributed by atoms with Gasteiger partial charge in [0.05, 0.1) is 16.9 Å². The predicted octanol–water partition coefficient (Wildman–Crippen LogP) is 4.61. The number of ether oxygens (including phenoxy) is 1. The Bertz CT molecular complexity index is 1300.